The third kappa shape index (κ3) is 6.35. The van der Waals surface area contributed by atoms with Gasteiger partial charge in [-0.15, -0.1) is 0 Å². The van der Waals surface area contributed by atoms with Crippen LogP contribution in [-0.2, 0) is 16.2 Å². The van der Waals surface area contributed by atoms with Crippen molar-refractivity contribution < 1.29 is 19.1 Å². The predicted octanol–water partition coefficient (Wildman–Crippen LogP) is 6.12. The van der Waals surface area contributed by atoms with Crippen molar-refractivity contribution in [3.05, 3.63) is 81.3 Å². The van der Waals surface area contributed by atoms with E-state index >= 15 is 0 Å². The van der Waals surface area contributed by atoms with E-state index in [0.29, 0.717) is 44.5 Å². The summed E-state index contributed by atoms with van der Waals surface area (Å²) >= 11 is 18.3. The molecule has 0 unspecified atom stereocenters. The molecule has 0 bridgehead atoms. The quantitative estimate of drug-likeness (QED) is 0.315. The number of amides is 2. The molecule has 36 heavy (non-hydrogen) atoms. The Hall–Kier alpha value is -3.13. The number of rotatable bonds is 9. The molecule has 188 valence electrons. The number of nitrogens with zero attached hydrogens (tertiary/aromatic N) is 1. The van der Waals surface area contributed by atoms with E-state index in [1.807, 2.05) is 19.1 Å². The van der Waals surface area contributed by atoms with Crippen LogP contribution >= 0.6 is 34.8 Å². The van der Waals surface area contributed by atoms with E-state index in [2.05, 4.69) is 10.9 Å². The lowest BCUT2D eigenvalue weighted by molar-refractivity contribution is -0.125. The van der Waals surface area contributed by atoms with Crippen LogP contribution in [0.4, 0.5) is 11.4 Å². The summed E-state index contributed by atoms with van der Waals surface area (Å²) in [5.74, 6) is -0.117. The van der Waals surface area contributed by atoms with E-state index in [1.165, 1.54) is 0 Å². The number of nitrogens with one attached hydrogen (secondary N) is 2. The standard InChI is InChI=1S/C26H24Cl3N3O4/c1-2-35-23-13-20(12-22(29)25(23)36-15-16-3-5-18(27)6-4-16)30-31-26(34)17-11-24(33)32(14-17)21-9-7-19(28)8-10-21/h3-10,12-13,17,30H,2,11,14-15H2,1H3,(H,31,34)/t17-/m0/s1. The number of hydrazine groups is 1. The van der Waals surface area contributed by atoms with Gasteiger partial charge in [0.2, 0.25) is 11.8 Å². The van der Waals surface area contributed by atoms with Crippen LogP contribution in [-0.4, -0.2) is 25.0 Å². The Labute approximate surface area is 224 Å². The maximum absolute atomic E-state index is 12.8. The topological polar surface area (TPSA) is 79.9 Å². The molecule has 1 atom stereocenters. The second-order valence-electron chi connectivity index (χ2n) is 8.13. The summed E-state index contributed by atoms with van der Waals surface area (Å²) < 4.78 is 11.6. The molecule has 2 amide bonds. The van der Waals surface area contributed by atoms with Gasteiger partial charge in [-0.3, -0.25) is 20.4 Å². The summed E-state index contributed by atoms with van der Waals surface area (Å²) in [6.07, 6.45) is 0.110. The normalized spacial score (nSPS) is 15.1. The lowest BCUT2D eigenvalue weighted by Gasteiger charge is -2.18. The van der Waals surface area contributed by atoms with Gasteiger partial charge in [0.25, 0.3) is 0 Å². The van der Waals surface area contributed by atoms with Gasteiger partial charge < -0.3 is 14.4 Å². The van der Waals surface area contributed by atoms with Gasteiger partial charge in [0.15, 0.2) is 11.5 Å². The van der Waals surface area contributed by atoms with Crippen LogP contribution in [0.3, 0.4) is 0 Å². The van der Waals surface area contributed by atoms with Crippen LogP contribution in [0.5, 0.6) is 11.5 Å². The number of carbonyl (C=O) groups is 2. The van der Waals surface area contributed by atoms with E-state index in [9.17, 15) is 9.59 Å². The van der Waals surface area contributed by atoms with Gasteiger partial charge in [0.05, 0.1) is 23.2 Å². The monoisotopic (exact) mass is 547 g/mol. The van der Waals surface area contributed by atoms with E-state index < -0.39 is 5.92 Å². The zero-order chi connectivity index (χ0) is 25.7. The highest BCUT2D eigenvalue weighted by atomic mass is 35.5. The van der Waals surface area contributed by atoms with Crippen LogP contribution in [0.25, 0.3) is 0 Å². The minimum Gasteiger partial charge on any atom is -0.490 e. The molecule has 1 aliphatic rings. The van der Waals surface area contributed by atoms with E-state index in [-0.39, 0.29) is 31.4 Å². The van der Waals surface area contributed by atoms with Crippen LogP contribution < -0.4 is 25.2 Å². The highest BCUT2D eigenvalue weighted by molar-refractivity contribution is 6.32. The van der Waals surface area contributed by atoms with E-state index in [1.54, 1.807) is 53.4 Å². The maximum atomic E-state index is 12.8. The molecular formula is C26H24Cl3N3O4. The first kappa shape index (κ1) is 25.9. The molecule has 7 nitrogen and oxygen atoms in total. The summed E-state index contributed by atoms with van der Waals surface area (Å²) in [4.78, 5) is 26.8. The zero-order valence-corrected chi connectivity index (χ0v) is 21.7. The molecule has 0 radical (unpaired) electrons. The van der Waals surface area contributed by atoms with Gasteiger partial charge in [-0.2, -0.15) is 0 Å². The van der Waals surface area contributed by atoms with Crippen molar-refractivity contribution in [2.24, 2.45) is 5.92 Å². The fourth-order valence-electron chi connectivity index (χ4n) is 3.77. The molecule has 0 aromatic heterocycles. The number of carbonyl (C=O) groups excluding carboxylic acids is 2. The highest BCUT2D eigenvalue weighted by Crippen LogP contribution is 2.39. The maximum Gasteiger partial charge on any atom is 0.243 e. The molecule has 0 aliphatic carbocycles. The van der Waals surface area contributed by atoms with Gasteiger partial charge >= 0.3 is 0 Å². The van der Waals surface area contributed by atoms with Gasteiger partial charge in [0, 0.05) is 34.8 Å². The minimum atomic E-state index is -0.510. The minimum absolute atomic E-state index is 0.110. The molecule has 0 spiro atoms. The Morgan fingerprint density at radius 1 is 1.00 bits per heavy atom. The van der Waals surface area contributed by atoms with Gasteiger partial charge in [-0.05, 0) is 55.0 Å². The second kappa shape index (κ2) is 11.7. The summed E-state index contributed by atoms with van der Waals surface area (Å²) in [6.45, 7) is 2.80. The van der Waals surface area contributed by atoms with Crippen LogP contribution in [0, 0.1) is 5.92 Å². The Bertz CT molecular complexity index is 1240. The molecule has 3 aromatic carbocycles. The first-order chi connectivity index (χ1) is 17.3. The van der Waals surface area contributed by atoms with Crippen molar-refractivity contribution in [2.45, 2.75) is 20.0 Å². The lowest BCUT2D eigenvalue weighted by Crippen LogP contribution is -2.36. The number of hydrogen-bond donors (Lipinski definition) is 2. The zero-order valence-electron chi connectivity index (χ0n) is 19.4. The fraction of sp³-hybridized carbons (Fsp3) is 0.231. The first-order valence-corrected chi connectivity index (χ1v) is 12.4. The second-order valence-corrected chi connectivity index (χ2v) is 9.41. The highest BCUT2D eigenvalue weighted by Gasteiger charge is 2.35. The lowest BCUT2D eigenvalue weighted by atomic mass is 10.1. The molecule has 0 saturated carbocycles. The number of hydrogen-bond acceptors (Lipinski definition) is 5. The molecular weight excluding hydrogens is 525 g/mol. The van der Waals surface area contributed by atoms with Crippen LogP contribution in [0.1, 0.15) is 18.9 Å². The number of benzene rings is 3. The molecule has 3 aromatic rings. The van der Waals surface area contributed by atoms with E-state index in [4.69, 9.17) is 44.3 Å². The molecule has 1 heterocycles. The third-order valence-corrected chi connectivity index (χ3v) is 6.35. The molecule has 1 fully saturated rings. The molecule has 10 heteroatoms. The Kier molecular flexibility index (Phi) is 8.46. The van der Waals surface area contributed by atoms with Crippen molar-refractivity contribution >= 4 is 58.0 Å². The summed E-state index contributed by atoms with van der Waals surface area (Å²) in [5, 5.41) is 1.54. The molecule has 4 rings (SSSR count). The largest absolute Gasteiger partial charge is 0.490 e. The Morgan fingerprint density at radius 3 is 2.33 bits per heavy atom. The van der Waals surface area contributed by atoms with Crippen molar-refractivity contribution in [1.29, 1.82) is 0 Å². The number of anilines is 2. The Balaban J connectivity index is 1.39. The van der Waals surface area contributed by atoms with Gasteiger partial charge in [-0.25, -0.2) is 0 Å². The Morgan fingerprint density at radius 2 is 1.67 bits per heavy atom. The summed E-state index contributed by atoms with van der Waals surface area (Å²) in [5.41, 5.74) is 7.66. The van der Waals surface area contributed by atoms with Crippen LogP contribution in [0.15, 0.2) is 60.7 Å². The van der Waals surface area contributed by atoms with Crippen molar-refractivity contribution in [1.82, 2.24) is 5.43 Å². The summed E-state index contributed by atoms with van der Waals surface area (Å²) in [6, 6.07) is 17.5. The average Bonchev–Trinajstić information content (AvgIpc) is 3.25. The summed E-state index contributed by atoms with van der Waals surface area (Å²) in [7, 11) is 0. The fourth-order valence-corrected chi connectivity index (χ4v) is 4.29. The van der Waals surface area contributed by atoms with Gasteiger partial charge in [0.1, 0.15) is 6.61 Å². The van der Waals surface area contributed by atoms with Crippen molar-refractivity contribution in [3.8, 4) is 11.5 Å². The first-order valence-electron chi connectivity index (χ1n) is 11.3. The predicted molar refractivity (Wildman–Crippen MR) is 142 cm³/mol. The third-order valence-electron chi connectivity index (χ3n) is 5.57. The van der Waals surface area contributed by atoms with Crippen molar-refractivity contribution in [2.75, 3.05) is 23.5 Å². The molecule has 2 N–H and O–H groups in total. The SMILES string of the molecule is CCOc1cc(NNC(=O)[C@H]2CC(=O)N(c3ccc(Cl)cc3)C2)cc(Cl)c1OCc1ccc(Cl)cc1. The van der Waals surface area contributed by atoms with Crippen LogP contribution in [0.2, 0.25) is 15.1 Å². The van der Waals surface area contributed by atoms with E-state index in [0.717, 1.165) is 5.56 Å². The van der Waals surface area contributed by atoms with Gasteiger partial charge in [-0.1, -0.05) is 46.9 Å². The molecule has 1 saturated heterocycles. The average molecular weight is 549 g/mol. The molecule has 1 aliphatic heterocycles. The smallest absolute Gasteiger partial charge is 0.243 e. The van der Waals surface area contributed by atoms with Crippen molar-refractivity contribution in [3.63, 3.8) is 0 Å². The number of halogens is 3. The number of ether oxygens (including phenoxy) is 2.